The molecule has 0 aromatic heterocycles. The van der Waals surface area contributed by atoms with Crippen molar-refractivity contribution in [3.8, 4) is 0 Å². The number of hydrogen-bond donors (Lipinski definition) is 0. The molecule has 0 amide bonds. The van der Waals surface area contributed by atoms with E-state index < -0.39 is 0 Å². The molecule has 0 aliphatic carbocycles. The van der Waals surface area contributed by atoms with Crippen molar-refractivity contribution in [1.29, 1.82) is 0 Å². The van der Waals surface area contributed by atoms with E-state index in [-0.39, 0.29) is 0 Å². The topological polar surface area (TPSA) is 0 Å². The zero-order valence-corrected chi connectivity index (χ0v) is 9.78. The Morgan fingerprint density at radius 3 is 1.75 bits per heavy atom. The highest BCUT2D eigenvalue weighted by Crippen LogP contribution is 2.34. The number of hydrogen-bond acceptors (Lipinski definition) is 0. The van der Waals surface area contributed by atoms with Gasteiger partial charge in [-0.25, -0.2) is 0 Å². The van der Waals surface area contributed by atoms with Gasteiger partial charge in [0.25, 0.3) is 0 Å². The number of rotatable bonds is 4. The smallest absolute Gasteiger partial charge is 0.0354 e. The molecule has 0 aliphatic rings. The van der Waals surface area contributed by atoms with Crippen LogP contribution in [0.25, 0.3) is 0 Å². The van der Waals surface area contributed by atoms with E-state index in [0.717, 1.165) is 11.8 Å². The maximum atomic E-state index is 2.37. The highest BCUT2D eigenvalue weighted by atomic mass is 14.3. The summed E-state index contributed by atoms with van der Waals surface area (Å²) in [4.78, 5) is 0. The summed E-state index contributed by atoms with van der Waals surface area (Å²) in [7, 11) is 0. The monoisotopic (exact) mass is 170 g/mol. The van der Waals surface area contributed by atoms with Crippen LogP contribution in [-0.4, -0.2) is 0 Å². The van der Waals surface area contributed by atoms with Crippen molar-refractivity contribution in [3.63, 3.8) is 0 Å². The van der Waals surface area contributed by atoms with Crippen LogP contribution in [0.1, 0.15) is 60.8 Å². The predicted octanol–water partition coefficient (Wildman–Crippen LogP) is 4.49. The SMILES string of the molecule is CCC(C)CC(CC)C(C)(C)C. The third-order valence-corrected chi connectivity index (χ3v) is 3.10. The Labute approximate surface area is 78.8 Å². The Morgan fingerprint density at radius 2 is 1.50 bits per heavy atom. The molecule has 0 bridgehead atoms. The summed E-state index contributed by atoms with van der Waals surface area (Å²) in [5, 5.41) is 0. The summed E-state index contributed by atoms with van der Waals surface area (Å²) in [6.45, 7) is 14.1. The Kier molecular flexibility index (Phi) is 4.89. The van der Waals surface area contributed by atoms with Crippen LogP contribution in [0.3, 0.4) is 0 Å². The van der Waals surface area contributed by atoms with Crippen molar-refractivity contribution in [2.45, 2.75) is 60.8 Å². The van der Waals surface area contributed by atoms with Crippen molar-refractivity contribution in [3.05, 3.63) is 0 Å². The highest BCUT2D eigenvalue weighted by molar-refractivity contribution is 4.74. The lowest BCUT2D eigenvalue weighted by Gasteiger charge is -2.31. The van der Waals surface area contributed by atoms with Gasteiger partial charge in [0.2, 0.25) is 0 Å². The minimum atomic E-state index is 0.498. The lowest BCUT2D eigenvalue weighted by Crippen LogP contribution is -2.21. The molecule has 0 aromatic rings. The van der Waals surface area contributed by atoms with Crippen LogP contribution in [-0.2, 0) is 0 Å². The van der Waals surface area contributed by atoms with Gasteiger partial charge in [-0.2, -0.15) is 0 Å². The molecule has 0 aromatic carbocycles. The van der Waals surface area contributed by atoms with Crippen molar-refractivity contribution in [1.82, 2.24) is 0 Å². The second kappa shape index (κ2) is 4.89. The van der Waals surface area contributed by atoms with Gasteiger partial charge in [-0.05, 0) is 23.7 Å². The summed E-state index contributed by atoms with van der Waals surface area (Å²) in [5.74, 6) is 1.79. The zero-order chi connectivity index (χ0) is 9.78. The summed E-state index contributed by atoms with van der Waals surface area (Å²) in [6.07, 6.45) is 4.05. The average molecular weight is 170 g/mol. The molecule has 0 spiro atoms. The maximum absolute atomic E-state index is 2.37. The molecule has 2 unspecified atom stereocenters. The van der Waals surface area contributed by atoms with Crippen molar-refractivity contribution in [2.75, 3.05) is 0 Å². The molecular weight excluding hydrogens is 144 g/mol. The average Bonchev–Trinajstić information content (AvgIpc) is 1.97. The lowest BCUT2D eigenvalue weighted by molar-refractivity contribution is 0.192. The summed E-state index contributed by atoms with van der Waals surface area (Å²) >= 11 is 0. The van der Waals surface area contributed by atoms with Gasteiger partial charge in [0.1, 0.15) is 0 Å². The van der Waals surface area contributed by atoms with Gasteiger partial charge in [-0.1, -0.05) is 54.4 Å². The Morgan fingerprint density at radius 1 is 1.00 bits per heavy atom. The molecule has 0 heterocycles. The molecule has 0 aliphatic heterocycles. The standard InChI is InChI=1S/C12H26/c1-7-10(3)9-11(8-2)12(4,5)6/h10-11H,7-9H2,1-6H3. The Hall–Kier alpha value is 0. The molecule has 2 atom stereocenters. The van der Waals surface area contributed by atoms with Crippen molar-refractivity contribution >= 4 is 0 Å². The molecule has 0 heteroatoms. The van der Waals surface area contributed by atoms with E-state index in [1.807, 2.05) is 0 Å². The molecule has 0 N–H and O–H groups in total. The van der Waals surface area contributed by atoms with Gasteiger partial charge in [-0.15, -0.1) is 0 Å². The van der Waals surface area contributed by atoms with E-state index >= 15 is 0 Å². The van der Waals surface area contributed by atoms with Crippen LogP contribution in [0.4, 0.5) is 0 Å². The second-order valence-electron chi connectivity index (χ2n) is 5.22. The molecule has 0 fully saturated rings. The van der Waals surface area contributed by atoms with Crippen LogP contribution in [0.5, 0.6) is 0 Å². The summed E-state index contributed by atoms with van der Waals surface area (Å²) in [5.41, 5.74) is 0.498. The molecule has 12 heavy (non-hydrogen) atoms. The molecule has 0 radical (unpaired) electrons. The minimum absolute atomic E-state index is 0.498. The molecular formula is C12H26. The largest absolute Gasteiger partial charge is 0.0651 e. The molecule has 0 saturated heterocycles. The lowest BCUT2D eigenvalue weighted by atomic mass is 9.74. The fraction of sp³-hybridized carbons (Fsp3) is 1.00. The first-order valence-electron chi connectivity index (χ1n) is 5.41. The first-order valence-corrected chi connectivity index (χ1v) is 5.41. The van der Waals surface area contributed by atoms with E-state index in [1.165, 1.54) is 19.3 Å². The minimum Gasteiger partial charge on any atom is -0.0651 e. The third kappa shape index (κ3) is 4.13. The fourth-order valence-corrected chi connectivity index (χ4v) is 1.78. The Bertz CT molecular complexity index is 108. The molecule has 74 valence electrons. The molecule has 0 rings (SSSR count). The first kappa shape index (κ1) is 12.0. The van der Waals surface area contributed by atoms with Gasteiger partial charge in [0, 0.05) is 0 Å². The van der Waals surface area contributed by atoms with Crippen LogP contribution in [0.15, 0.2) is 0 Å². The van der Waals surface area contributed by atoms with Gasteiger partial charge in [-0.3, -0.25) is 0 Å². The maximum Gasteiger partial charge on any atom is -0.0354 e. The Balaban J connectivity index is 4.00. The first-order chi connectivity index (χ1) is 5.41. The van der Waals surface area contributed by atoms with E-state index in [9.17, 15) is 0 Å². The van der Waals surface area contributed by atoms with E-state index in [0.29, 0.717) is 5.41 Å². The van der Waals surface area contributed by atoms with Gasteiger partial charge in [0.05, 0.1) is 0 Å². The van der Waals surface area contributed by atoms with Gasteiger partial charge >= 0.3 is 0 Å². The van der Waals surface area contributed by atoms with E-state index in [4.69, 9.17) is 0 Å². The van der Waals surface area contributed by atoms with Gasteiger partial charge < -0.3 is 0 Å². The normalized spacial score (nSPS) is 17.5. The van der Waals surface area contributed by atoms with Crippen molar-refractivity contribution < 1.29 is 0 Å². The van der Waals surface area contributed by atoms with Crippen LogP contribution in [0.2, 0.25) is 0 Å². The van der Waals surface area contributed by atoms with Crippen LogP contribution in [0, 0.1) is 17.3 Å². The molecule has 0 nitrogen and oxygen atoms in total. The van der Waals surface area contributed by atoms with Crippen LogP contribution < -0.4 is 0 Å². The predicted molar refractivity (Wildman–Crippen MR) is 57.3 cm³/mol. The summed E-state index contributed by atoms with van der Waals surface area (Å²) < 4.78 is 0. The van der Waals surface area contributed by atoms with E-state index in [2.05, 4.69) is 41.5 Å². The molecule has 0 saturated carbocycles. The van der Waals surface area contributed by atoms with Gasteiger partial charge in [0.15, 0.2) is 0 Å². The zero-order valence-electron chi connectivity index (χ0n) is 9.78. The van der Waals surface area contributed by atoms with Crippen molar-refractivity contribution in [2.24, 2.45) is 17.3 Å². The highest BCUT2D eigenvalue weighted by Gasteiger charge is 2.23. The fourth-order valence-electron chi connectivity index (χ4n) is 1.78. The van der Waals surface area contributed by atoms with Crippen LogP contribution >= 0.6 is 0 Å². The summed E-state index contributed by atoms with van der Waals surface area (Å²) in [6, 6.07) is 0. The quantitative estimate of drug-likeness (QED) is 0.583. The van der Waals surface area contributed by atoms with E-state index in [1.54, 1.807) is 0 Å². The third-order valence-electron chi connectivity index (χ3n) is 3.10. The second-order valence-corrected chi connectivity index (χ2v) is 5.22.